The van der Waals surface area contributed by atoms with Gasteiger partial charge in [0, 0.05) is 10.3 Å². The van der Waals surface area contributed by atoms with Crippen LogP contribution in [-0.4, -0.2) is 17.6 Å². The van der Waals surface area contributed by atoms with Gasteiger partial charge in [-0.2, -0.15) is 0 Å². The summed E-state index contributed by atoms with van der Waals surface area (Å²) >= 11 is 1.73. The van der Waals surface area contributed by atoms with E-state index in [2.05, 4.69) is 4.98 Å². The maximum Gasteiger partial charge on any atom is 0.356 e. The fraction of sp³-hybridized carbons (Fsp3) is 0.462. The molecule has 18 heavy (non-hydrogen) atoms. The molecule has 1 aliphatic carbocycles. The number of nitrogens with one attached hydrogen (secondary N) is 1. The van der Waals surface area contributed by atoms with Gasteiger partial charge in [0.2, 0.25) is 0 Å². The molecule has 0 aliphatic heterocycles. The molecule has 4 nitrogen and oxygen atoms in total. The van der Waals surface area contributed by atoms with Crippen LogP contribution in [0.3, 0.4) is 0 Å². The van der Waals surface area contributed by atoms with Gasteiger partial charge in [-0.3, -0.25) is 0 Å². The normalized spacial score (nSPS) is 14.7. The van der Waals surface area contributed by atoms with Crippen molar-refractivity contribution in [3.8, 4) is 0 Å². The molecular weight excluding hydrogens is 248 g/mol. The summed E-state index contributed by atoms with van der Waals surface area (Å²) in [5.74, 6) is -0.358. The topological polar surface area (TPSA) is 68.1 Å². The highest BCUT2D eigenvalue weighted by Crippen LogP contribution is 2.40. The SMILES string of the molecule is CCOC(=O)c1[nH]c2sc3c(c2c1N)CCCC3. The van der Waals surface area contributed by atoms with Gasteiger partial charge in [-0.1, -0.05) is 0 Å². The molecule has 0 atom stereocenters. The van der Waals surface area contributed by atoms with Crippen LogP contribution in [0.4, 0.5) is 5.69 Å². The van der Waals surface area contributed by atoms with E-state index in [-0.39, 0.29) is 5.97 Å². The van der Waals surface area contributed by atoms with Gasteiger partial charge in [0.25, 0.3) is 0 Å². The zero-order valence-corrected chi connectivity index (χ0v) is 11.2. The van der Waals surface area contributed by atoms with Crippen molar-refractivity contribution in [2.75, 3.05) is 12.3 Å². The molecule has 0 aromatic carbocycles. The molecule has 0 bridgehead atoms. The molecule has 5 heteroatoms. The van der Waals surface area contributed by atoms with Gasteiger partial charge in [0.15, 0.2) is 0 Å². The van der Waals surface area contributed by atoms with E-state index in [0.29, 0.717) is 18.0 Å². The number of carbonyl (C=O) groups is 1. The second-order valence-electron chi connectivity index (χ2n) is 4.55. The first-order chi connectivity index (χ1) is 8.72. The largest absolute Gasteiger partial charge is 0.461 e. The van der Waals surface area contributed by atoms with Crippen molar-refractivity contribution >= 4 is 33.2 Å². The third-order valence-electron chi connectivity index (χ3n) is 3.43. The van der Waals surface area contributed by atoms with Gasteiger partial charge < -0.3 is 15.5 Å². The number of anilines is 1. The Labute approximate surface area is 109 Å². The van der Waals surface area contributed by atoms with Crippen LogP contribution in [0.1, 0.15) is 40.7 Å². The highest BCUT2D eigenvalue weighted by molar-refractivity contribution is 7.19. The Kier molecular flexibility index (Phi) is 2.78. The number of thiophene rings is 1. The van der Waals surface area contributed by atoms with E-state index < -0.39 is 0 Å². The van der Waals surface area contributed by atoms with Crippen molar-refractivity contribution in [1.82, 2.24) is 4.98 Å². The quantitative estimate of drug-likeness (QED) is 0.819. The van der Waals surface area contributed by atoms with Crippen molar-refractivity contribution < 1.29 is 9.53 Å². The number of nitrogens with two attached hydrogens (primary N) is 1. The highest BCUT2D eigenvalue weighted by Gasteiger charge is 2.24. The third kappa shape index (κ3) is 1.61. The minimum atomic E-state index is -0.358. The first-order valence-electron chi connectivity index (χ1n) is 6.31. The van der Waals surface area contributed by atoms with Crippen LogP contribution in [-0.2, 0) is 17.6 Å². The Balaban J connectivity index is 2.12. The Hall–Kier alpha value is -1.49. The minimum Gasteiger partial charge on any atom is -0.461 e. The number of H-pyrrole nitrogens is 1. The smallest absolute Gasteiger partial charge is 0.356 e. The van der Waals surface area contributed by atoms with Crippen LogP contribution in [0.5, 0.6) is 0 Å². The van der Waals surface area contributed by atoms with Gasteiger partial charge in [-0.15, -0.1) is 11.3 Å². The fourth-order valence-corrected chi connectivity index (χ4v) is 3.92. The van der Waals surface area contributed by atoms with E-state index in [1.807, 2.05) is 0 Å². The van der Waals surface area contributed by atoms with Crippen molar-refractivity contribution in [2.45, 2.75) is 32.6 Å². The van der Waals surface area contributed by atoms with Crippen molar-refractivity contribution in [1.29, 1.82) is 0 Å². The number of hydrogen-bond acceptors (Lipinski definition) is 4. The summed E-state index contributed by atoms with van der Waals surface area (Å²) in [5.41, 5.74) is 8.42. The van der Waals surface area contributed by atoms with Crippen molar-refractivity contribution in [3.05, 3.63) is 16.1 Å². The lowest BCUT2D eigenvalue weighted by Crippen LogP contribution is -2.08. The monoisotopic (exact) mass is 264 g/mol. The molecule has 0 spiro atoms. The predicted molar refractivity (Wildman–Crippen MR) is 73.2 cm³/mol. The average molecular weight is 264 g/mol. The summed E-state index contributed by atoms with van der Waals surface area (Å²) in [6.45, 7) is 2.16. The van der Waals surface area contributed by atoms with Gasteiger partial charge in [-0.25, -0.2) is 4.79 Å². The van der Waals surface area contributed by atoms with Crippen LogP contribution >= 0.6 is 11.3 Å². The van der Waals surface area contributed by atoms with Crippen LogP contribution in [0.2, 0.25) is 0 Å². The molecule has 2 aromatic rings. The standard InChI is InChI=1S/C13H16N2O2S/c1-2-17-13(16)11-10(14)9-7-5-3-4-6-8(7)18-12(9)15-11/h15H,2-6,14H2,1H3. The number of aromatic amines is 1. The van der Waals surface area contributed by atoms with E-state index >= 15 is 0 Å². The van der Waals surface area contributed by atoms with Gasteiger partial charge >= 0.3 is 5.97 Å². The summed E-state index contributed by atoms with van der Waals surface area (Å²) in [5, 5.41) is 1.05. The molecule has 0 radical (unpaired) electrons. The highest BCUT2D eigenvalue weighted by atomic mass is 32.1. The van der Waals surface area contributed by atoms with Gasteiger partial charge in [-0.05, 0) is 38.2 Å². The maximum absolute atomic E-state index is 11.8. The Bertz CT molecular complexity index is 612. The number of fused-ring (bicyclic) bond motifs is 3. The summed E-state index contributed by atoms with van der Waals surface area (Å²) in [6, 6.07) is 0. The molecule has 3 N–H and O–H groups in total. The zero-order valence-electron chi connectivity index (χ0n) is 10.3. The first kappa shape index (κ1) is 11.6. The van der Waals surface area contributed by atoms with E-state index in [1.54, 1.807) is 18.3 Å². The van der Waals surface area contributed by atoms with Crippen molar-refractivity contribution in [2.24, 2.45) is 0 Å². The molecule has 1 aliphatic rings. The van der Waals surface area contributed by atoms with E-state index in [1.165, 1.54) is 23.3 Å². The molecule has 3 rings (SSSR count). The lowest BCUT2D eigenvalue weighted by atomic mass is 9.97. The number of carbonyl (C=O) groups excluding carboxylic acids is 1. The van der Waals surface area contributed by atoms with Crippen molar-refractivity contribution in [3.63, 3.8) is 0 Å². The number of ether oxygens (including phenoxy) is 1. The molecule has 2 heterocycles. The lowest BCUT2D eigenvalue weighted by molar-refractivity contribution is 0.0522. The molecular formula is C13H16N2O2S. The summed E-state index contributed by atoms with van der Waals surface area (Å²) in [6.07, 6.45) is 4.66. The zero-order chi connectivity index (χ0) is 12.7. The Morgan fingerprint density at radius 3 is 3.00 bits per heavy atom. The van der Waals surface area contributed by atoms with E-state index in [4.69, 9.17) is 10.5 Å². The van der Waals surface area contributed by atoms with E-state index in [0.717, 1.165) is 23.1 Å². The molecule has 2 aromatic heterocycles. The molecule has 0 saturated carbocycles. The molecule has 96 valence electrons. The van der Waals surface area contributed by atoms with Crippen LogP contribution in [0, 0.1) is 0 Å². The molecule has 0 fully saturated rings. The first-order valence-corrected chi connectivity index (χ1v) is 7.12. The fourth-order valence-electron chi connectivity index (χ4n) is 2.61. The molecule has 0 unspecified atom stereocenters. The molecule has 0 saturated heterocycles. The van der Waals surface area contributed by atoms with Gasteiger partial charge in [0.05, 0.1) is 12.3 Å². The summed E-state index contributed by atoms with van der Waals surface area (Å²) in [4.78, 5) is 17.3. The third-order valence-corrected chi connectivity index (χ3v) is 4.64. The average Bonchev–Trinajstić information content (AvgIpc) is 2.87. The second kappa shape index (κ2) is 4.31. The van der Waals surface area contributed by atoms with Crippen LogP contribution in [0.15, 0.2) is 0 Å². The number of nitrogen functional groups attached to an aromatic ring is 1. The summed E-state index contributed by atoms with van der Waals surface area (Å²) < 4.78 is 5.01. The van der Waals surface area contributed by atoms with E-state index in [9.17, 15) is 4.79 Å². The minimum absolute atomic E-state index is 0.358. The lowest BCUT2D eigenvalue weighted by Gasteiger charge is -2.10. The second-order valence-corrected chi connectivity index (χ2v) is 5.65. The Morgan fingerprint density at radius 2 is 2.22 bits per heavy atom. The Morgan fingerprint density at radius 1 is 1.44 bits per heavy atom. The van der Waals surface area contributed by atoms with Crippen LogP contribution in [0.25, 0.3) is 10.2 Å². The number of esters is 1. The number of aromatic nitrogens is 1. The molecule has 0 amide bonds. The number of hydrogen-bond donors (Lipinski definition) is 2. The van der Waals surface area contributed by atoms with Crippen LogP contribution < -0.4 is 5.73 Å². The summed E-state index contributed by atoms with van der Waals surface area (Å²) in [7, 11) is 0. The number of aryl methyl sites for hydroxylation is 2. The maximum atomic E-state index is 11.8. The van der Waals surface area contributed by atoms with Gasteiger partial charge in [0.1, 0.15) is 10.5 Å². The number of rotatable bonds is 2. The predicted octanol–water partition coefficient (Wildman–Crippen LogP) is 2.87.